The summed E-state index contributed by atoms with van der Waals surface area (Å²) in [4.78, 5) is 18.3. The second-order valence-corrected chi connectivity index (χ2v) is 6.44. The minimum atomic E-state index is -0.134. The predicted octanol–water partition coefficient (Wildman–Crippen LogP) is 2.56. The van der Waals surface area contributed by atoms with Gasteiger partial charge in [-0.25, -0.2) is 0 Å². The highest BCUT2D eigenvalue weighted by Gasteiger charge is 2.36. The summed E-state index contributed by atoms with van der Waals surface area (Å²) in [5.41, 5.74) is 1.29. The molecule has 1 aliphatic heterocycles. The predicted molar refractivity (Wildman–Crippen MR) is 114 cm³/mol. The van der Waals surface area contributed by atoms with E-state index < -0.39 is 0 Å². The van der Waals surface area contributed by atoms with E-state index in [9.17, 15) is 4.79 Å². The van der Waals surface area contributed by atoms with Crippen molar-refractivity contribution in [3.63, 3.8) is 0 Å². The van der Waals surface area contributed by atoms with Gasteiger partial charge in [0.05, 0.1) is 20.1 Å². The van der Waals surface area contributed by atoms with Gasteiger partial charge in [0.2, 0.25) is 0 Å². The highest BCUT2D eigenvalue weighted by molar-refractivity contribution is 14.0. The topological polar surface area (TPSA) is 63.2 Å². The maximum atomic E-state index is 11.8. The van der Waals surface area contributed by atoms with E-state index in [1.165, 1.54) is 12.7 Å². The van der Waals surface area contributed by atoms with E-state index >= 15 is 0 Å². The molecule has 1 saturated heterocycles. The molecule has 1 aromatic rings. The Morgan fingerprint density at radius 3 is 2.54 bits per heavy atom. The number of hydrogen-bond donors (Lipinski definition) is 1. The van der Waals surface area contributed by atoms with Gasteiger partial charge in [0.15, 0.2) is 5.96 Å². The van der Waals surface area contributed by atoms with Crippen LogP contribution in [0.1, 0.15) is 18.9 Å². The first kappa shape index (κ1) is 22.5. The van der Waals surface area contributed by atoms with E-state index in [0.29, 0.717) is 6.54 Å². The van der Waals surface area contributed by atoms with Gasteiger partial charge in [-0.2, -0.15) is 0 Å². The molecule has 1 aliphatic rings. The number of carbonyl (C=O) groups excluding carboxylic acids is 1. The van der Waals surface area contributed by atoms with Gasteiger partial charge in [0.25, 0.3) is 0 Å². The fourth-order valence-corrected chi connectivity index (χ4v) is 3.22. The lowest BCUT2D eigenvalue weighted by molar-refractivity contribution is -0.145. The maximum absolute atomic E-state index is 11.8. The molecule has 1 aromatic carbocycles. The zero-order chi connectivity index (χ0) is 18.2. The summed E-state index contributed by atoms with van der Waals surface area (Å²) in [7, 11) is 4.90. The third-order valence-corrected chi connectivity index (χ3v) is 4.71. The Bertz CT molecular complexity index is 592. The van der Waals surface area contributed by atoms with Crippen LogP contribution in [0.15, 0.2) is 29.3 Å². The Hall–Kier alpha value is -1.51. The molecular formula is C19H30IN3O3. The first-order valence-corrected chi connectivity index (χ1v) is 8.75. The number of nitrogens with zero attached hydrogens (tertiary/aromatic N) is 2. The van der Waals surface area contributed by atoms with Crippen molar-refractivity contribution in [1.29, 1.82) is 0 Å². The van der Waals surface area contributed by atoms with Gasteiger partial charge in [-0.05, 0) is 36.5 Å². The van der Waals surface area contributed by atoms with Gasteiger partial charge >= 0.3 is 5.97 Å². The molecule has 0 aliphatic carbocycles. The van der Waals surface area contributed by atoms with Crippen molar-refractivity contribution in [2.75, 3.05) is 40.9 Å². The Morgan fingerprint density at radius 1 is 1.27 bits per heavy atom. The van der Waals surface area contributed by atoms with Gasteiger partial charge in [-0.3, -0.25) is 9.79 Å². The van der Waals surface area contributed by atoms with E-state index in [0.717, 1.165) is 37.6 Å². The second kappa shape index (κ2) is 11.3. The highest BCUT2D eigenvalue weighted by atomic mass is 127. The first-order chi connectivity index (χ1) is 12.1. The molecule has 1 fully saturated rings. The van der Waals surface area contributed by atoms with Gasteiger partial charge < -0.3 is 19.7 Å². The lowest BCUT2D eigenvalue weighted by atomic mass is 9.99. The summed E-state index contributed by atoms with van der Waals surface area (Å²) in [5, 5.41) is 3.40. The van der Waals surface area contributed by atoms with Crippen molar-refractivity contribution in [2.45, 2.75) is 19.8 Å². The monoisotopic (exact) mass is 475 g/mol. The molecule has 1 heterocycles. The SMILES string of the molecule is CN=C(NCCCc1ccc(OC)cc1)N1CC(C)C(C(=O)OC)C1.I. The smallest absolute Gasteiger partial charge is 0.310 e. The van der Waals surface area contributed by atoms with Gasteiger partial charge in [0, 0.05) is 26.7 Å². The first-order valence-electron chi connectivity index (χ1n) is 8.75. The van der Waals surface area contributed by atoms with Crippen molar-refractivity contribution < 1.29 is 14.3 Å². The third kappa shape index (κ3) is 6.03. The number of hydrogen-bond acceptors (Lipinski definition) is 4. The number of rotatable bonds is 6. The minimum Gasteiger partial charge on any atom is -0.497 e. The van der Waals surface area contributed by atoms with Crippen LogP contribution < -0.4 is 10.1 Å². The van der Waals surface area contributed by atoms with Crippen LogP contribution in [0.2, 0.25) is 0 Å². The van der Waals surface area contributed by atoms with Crippen LogP contribution in [0.4, 0.5) is 0 Å². The normalized spacial score (nSPS) is 19.7. The highest BCUT2D eigenvalue weighted by Crippen LogP contribution is 2.24. The van der Waals surface area contributed by atoms with Crippen LogP contribution in [-0.2, 0) is 16.0 Å². The summed E-state index contributed by atoms with van der Waals surface area (Å²) >= 11 is 0. The lowest BCUT2D eigenvalue weighted by Gasteiger charge is -2.21. The van der Waals surface area contributed by atoms with Crippen molar-refractivity contribution in [2.24, 2.45) is 16.8 Å². The van der Waals surface area contributed by atoms with Crippen LogP contribution in [-0.4, -0.2) is 57.7 Å². The molecule has 0 bridgehead atoms. The number of aliphatic imine (C=N–C) groups is 1. The van der Waals surface area contributed by atoms with Crippen LogP contribution in [0.5, 0.6) is 5.75 Å². The van der Waals surface area contributed by atoms with Gasteiger partial charge in [-0.15, -0.1) is 24.0 Å². The number of ether oxygens (including phenoxy) is 2. The molecule has 6 nitrogen and oxygen atoms in total. The Kier molecular flexibility index (Phi) is 9.75. The molecule has 2 rings (SSSR count). The molecule has 26 heavy (non-hydrogen) atoms. The number of halogens is 1. The van der Waals surface area contributed by atoms with Crippen LogP contribution in [0.3, 0.4) is 0 Å². The maximum Gasteiger partial charge on any atom is 0.310 e. The molecule has 146 valence electrons. The average Bonchev–Trinajstić information content (AvgIpc) is 3.03. The van der Waals surface area contributed by atoms with E-state index in [2.05, 4.69) is 34.3 Å². The largest absolute Gasteiger partial charge is 0.497 e. The van der Waals surface area contributed by atoms with Crippen molar-refractivity contribution in [3.05, 3.63) is 29.8 Å². The fourth-order valence-electron chi connectivity index (χ4n) is 3.22. The molecule has 7 heteroatoms. The van der Waals surface area contributed by atoms with Crippen LogP contribution >= 0.6 is 24.0 Å². The Morgan fingerprint density at radius 2 is 1.96 bits per heavy atom. The number of benzene rings is 1. The minimum absolute atomic E-state index is 0. The number of methoxy groups -OCH3 is 2. The van der Waals surface area contributed by atoms with E-state index in [-0.39, 0.29) is 41.8 Å². The molecule has 0 amide bonds. The zero-order valence-corrected chi connectivity index (χ0v) is 18.4. The lowest BCUT2D eigenvalue weighted by Crippen LogP contribution is -2.41. The molecule has 0 spiro atoms. The number of esters is 1. The molecule has 0 aromatic heterocycles. The van der Waals surface area contributed by atoms with E-state index in [1.54, 1.807) is 14.2 Å². The van der Waals surface area contributed by atoms with Crippen molar-refractivity contribution in [1.82, 2.24) is 10.2 Å². The molecule has 2 atom stereocenters. The molecule has 0 saturated carbocycles. The summed E-state index contributed by atoms with van der Waals surface area (Å²) in [5.74, 6) is 1.79. The van der Waals surface area contributed by atoms with Crippen molar-refractivity contribution in [3.8, 4) is 5.75 Å². The number of guanidine groups is 1. The second-order valence-electron chi connectivity index (χ2n) is 6.44. The number of likely N-dealkylation sites (tertiary alicyclic amines) is 1. The summed E-state index contributed by atoms with van der Waals surface area (Å²) in [6.45, 7) is 4.40. The number of nitrogens with one attached hydrogen (secondary N) is 1. The molecule has 2 unspecified atom stereocenters. The van der Waals surface area contributed by atoms with Crippen LogP contribution in [0.25, 0.3) is 0 Å². The van der Waals surface area contributed by atoms with E-state index in [4.69, 9.17) is 9.47 Å². The summed E-state index contributed by atoms with van der Waals surface area (Å²) in [6.07, 6.45) is 2.00. The fraction of sp³-hybridized carbons (Fsp3) is 0.579. The van der Waals surface area contributed by atoms with Gasteiger partial charge in [-0.1, -0.05) is 19.1 Å². The number of aryl methyl sites for hydroxylation is 1. The zero-order valence-electron chi connectivity index (χ0n) is 16.0. The quantitative estimate of drug-likeness (QED) is 0.225. The van der Waals surface area contributed by atoms with E-state index in [1.807, 2.05) is 12.1 Å². The summed E-state index contributed by atoms with van der Waals surface area (Å²) < 4.78 is 10.1. The van der Waals surface area contributed by atoms with Crippen molar-refractivity contribution >= 4 is 35.9 Å². The standard InChI is InChI=1S/C19H29N3O3.HI/c1-14-12-22(13-17(14)18(23)25-4)19(20-2)21-11-5-6-15-7-9-16(24-3)10-8-15;/h7-10,14,17H,5-6,11-13H2,1-4H3,(H,20,21);1H. The molecule has 1 N–H and O–H groups in total. The third-order valence-electron chi connectivity index (χ3n) is 4.71. The van der Waals surface area contributed by atoms with Crippen LogP contribution in [0, 0.1) is 11.8 Å². The molecular weight excluding hydrogens is 445 g/mol. The summed E-state index contributed by atoms with van der Waals surface area (Å²) in [6, 6.07) is 8.16. The average molecular weight is 475 g/mol. The molecule has 0 radical (unpaired) electrons. The Labute approximate surface area is 173 Å². The number of carbonyl (C=O) groups is 1. The Balaban J connectivity index is 0.00000338. The van der Waals surface area contributed by atoms with Gasteiger partial charge in [0.1, 0.15) is 5.75 Å².